The summed E-state index contributed by atoms with van der Waals surface area (Å²) < 4.78 is 5.60. The van der Waals surface area contributed by atoms with Crippen molar-refractivity contribution in [1.29, 1.82) is 0 Å². The Bertz CT molecular complexity index is 490. The maximum Gasteiger partial charge on any atom is 0.166 e. The first kappa shape index (κ1) is 13.0. The van der Waals surface area contributed by atoms with Gasteiger partial charge in [-0.2, -0.15) is 0 Å². The lowest BCUT2D eigenvalue weighted by molar-refractivity contribution is 0.0971. The van der Waals surface area contributed by atoms with E-state index in [1.807, 2.05) is 6.07 Å². The standard InChI is InChI=1S/C16H19ClO2/c17-13-9-12-7-8-19-16(12)14(10-13)15(18)6-5-11-3-1-2-4-11/h9-11H,1-8H2. The maximum atomic E-state index is 12.4. The van der Waals surface area contributed by atoms with Crippen LogP contribution in [0.15, 0.2) is 12.1 Å². The van der Waals surface area contributed by atoms with Crippen molar-refractivity contribution in [3.8, 4) is 5.75 Å². The molecule has 19 heavy (non-hydrogen) atoms. The number of hydrogen-bond donors (Lipinski definition) is 0. The van der Waals surface area contributed by atoms with E-state index in [0.29, 0.717) is 23.6 Å². The van der Waals surface area contributed by atoms with Crippen molar-refractivity contribution in [2.75, 3.05) is 6.61 Å². The number of carbonyl (C=O) groups is 1. The summed E-state index contributed by atoms with van der Waals surface area (Å²) in [7, 11) is 0. The molecule has 0 radical (unpaired) electrons. The Morgan fingerprint density at radius 3 is 2.89 bits per heavy atom. The van der Waals surface area contributed by atoms with Crippen LogP contribution in [0.25, 0.3) is 0 Å². The number of fused-ring (bicyclic) bond motifs is 1. The van der Waals surface area contributed by atoms with E-state index in [0.717, 1.165) is 30.1 Å². The van der Waals surface area contributed by atoms with Gasteiger partial charge in [0.2, 0.25) is 0 Å². The van der Waals surface area contributed by atoms with Crippen molar-refractivity contribution in [1.82, 2.24) is 0 Å². The lowest BCUT2D eigenvalue weighted by Gasteiger charge is -2.10. The zero-order valence-electron chi connectivity index (χ0n) is 11.1. The van der Waals surface area contributed by atoms with Gasteiger partial charge in [-0.15, -0.1) is 0 Å². The van der Waals surface area contributed by atoms with Crippen molar-refractivity contribution in [3.63, 3.8) is 0 Å². The molecule has 0 atom stereocenters. The smallest absolute Gasteiger partial charge is 0.166 e. The van der Waals surface area contributed by atoms with Crippen molar-refractivity contribution >= 4 is 17.4 Å². The zero-order chi connectivity index (χ0) is 13.2. The lowest BCUT2D eigenvalue weighted by Crippen LogP contribution is -2.05. The van der Waals surface area contributed by atoms with Gasteiger partial charge in [-0.05, 0) is 30.0 Å². The number of hydrogen-bond acceptors (Lipinski definition) is 2. The second kappa shape index (κ2) is 5.54. The van der Waals surface area contributed by atoms with Gasteiger partial charge in [0.05, 0.1) is 12.2 Å². The Morgan fingerprint density at radius 1 is 1.32 bits per heavy atom. The Morgan fingerprint density at radius 2 is 2.11 bits per heavy atom. The summed E-state index contributed by atoms with van der Waals surface area (Å²) in [4.78, 5) is 12.4. The molecule has 1 fully saturated rings. The quantitative estimate of drug-likeness (QED) is 0.762. The van der Waals surface area contributed by atoms with Crippen LogP contribution in [-0.2, 0) is 6.42 Å². The zero-order valence-corrected chi connectivity index (χ0v) is 11.8. The Balaban J connectivity index is 1.72. The summed E-state index contributed by atoms with van der Waals surface area (Å²) in [5.74, 6) is 1.71. The topological polar surface area (TPSA) is 26.3 Å². The van der Waals surface area contributed by atoms with Crippen molar-refractivity contribution in [3.05, 3.63) is 28.3 Å². The summed E-state index contributed by atoms with van der Waals surface area (Å²) in [6, 6.07) is 3.68. The molecule has 2 aliphatic rings. The van der Waals surface area contributed by atoms with Crippen LogP contribution in [0.5, 0.6) is 5.75 Å². The molecule has 0 N–H and O–H groups in total. The molecule has 0 saturated heterocycles. The number of halogens is 1. The van der Waals surface area contributed by atoms with E-state index in [4.69, 9.17) is 16.3 Å². The van der Waals surface area contributed by atoms with Crippen LogP contribution in [0.4, 0.5) is 0 Å². The highest BCUT2D eigenvalue weighted by Crippen LogP contribution is 2.35. The maximum absolute atomic E-state index is 12.4. The summed E-state index contributed by atoms with van der Waals surface area (Å²) in [5.41, 5.74) is 1.77. The van der Waals surface area contributed by atoms with Crippen LogP contribution in [0.1, 0.15) is 54.4 Å². The first-order chi connectivity index (χ1) is 9.24. The normalized spacial score (nSPS) is 18.4. The van der Waals surface area contributed by atoms with Crippen LogP contribution >= 0.6 is 11.6 Å². The Labute approximate surface area is 119 Å². The number of Topliss-reactive ketones (excluding diaryl/α,β-unsaturated/α-hetero) is 1. The van der Waals surface area contributed by atoms with E-state index in [-0.39, 0.29) is 5.78 Å². The summed E-state index contributed by atoms with van der Waals surface area (Å²) in [6.45, 7) is 0.665. The fourth-order valence-corrected chi connectivity index (χ4v) is 3.49. The van der Waals surface area contributed by atoms with Crippen LogP contribution in [0.2, 0.25) is 5.02 Å². The van der Waals surface area contributed by atoms with Gasteiger partial charge in [-0.3, -0.25) is 4.79 Å². The predicted octanol–water partition coefficient (Wildman–Crippen LogP) is 4.43. The number of carbonyl (C=O) groups excluding carboxylic acids is 1. The number of rotatable bonds is 4. The average molecular weight is 279 g/mol. The Kier molecular flexibility index (Phi) is 3.79. The van der Waals surface area contributed by atoms with Gasteiger partial charge in [-0.25, -0.2) is 0 Å². The van der Waals surface area contributed by atoms with E-state index in [1.54, 1.807) is 6.07 Å². The summed E-state index contributed by atoms with van der Waals surface area (Å²) in [6.07, 6.45) is 7.73. The molecule has 1 heterocycles. The van der Waals surface area contributed by atoms with Gasteiger partial charge in [-0.1, -0.05) is 37.3 Å². The molecule has 0 amide bonds. The second-order valence-electron chi connectivity index (χ2n) is 5.65. The van der Waals surface area contributed by atoms with Gasteiger partial charge in [0, 0.05) is 17.9 Å². The van der Waals surface area contributed by atoms with Gasteiger partial charge in [0.1, 0.15) is 5.75 Å². The molecule has 102 valence electrons. The fourth-order valence-electron chi connectivity index (χ4n) is 3.25. The van der Waals surface area contributed by atoms with E-state index < -0.39 is 0 Å². The number of ketones is 1. The molecule has 1 saturated carbocycles. The third-order valence-electron chi connectivity index (χ3n) is 4.30. The number of ether oxygens (including phenoxy) is 1. The largest absolute Gasteiger partial charge is 0.492 e. The Hall–Kier alpha value is -1.02. The highest BCUT2D eigenvalue weighted by atomic mass is 35.5. The van der Waals surface area contributed by atoms with Gasteiger partial charge >= 0.3 is 0 Å². The van der Waals surface area contributed by atoms with Gasteiger partial charge in [0.15, 0.2) is 5.78 Å². The van der Waals surface area contributed by atoms with Gasteiger partial charge < -0.3 is 4.74 Å². The molecule has 3 rings (SSSR count). The van der Waals surface area contributed by atoms with Crippen LogP contribution in [0, 0.1) is 5.92 Å². The van der Waals surface area contributed by atoms with E-state index in [1.165, 1.54) is 25.7 Å². The summed E-state index contributed by atoms with van der Waals surface area (Å²) >= 11 is 6.09. The lowest BCUT2D eigenvalue weighted by atomic mass is 9.96. The first-order valence-corrected chi connectivity index (χ1v) is 7.60. The van der Waals surface area contributed by atoms with Crippen LogP contribution in [-0.4, -0.2) is 12.4 Å². The van der Waals surface area contributed by atoms with Crippen molar-refractivity contribution in [2.45, 2.75) is 44.9 Å². The monoisotopic (exact) mass is 278 g/mol. The molecule has 1 aliphatic heterocycles. The minimum atomic E-state index is 0.188. The molecule has 1 aromatic carbocycles. The molecule has 0 bridgehead atoms. The molecular formula is C16H19ClO2. The van der Waals surface area contributed by atoms with Crippen molar-refractivity contribution in [2.24, 2.45) is 5.92 Å². The van der Waals surface area contributed by atoms with Crippen LogP contribution < -0.4 is 4.74 Å². The highest BCUT2D eigenvalue weighted by Gasteiger charge is 2.23. The molecule has 0 spiro atoms. The predicted molar refractivity (Wildman–Crippen MR) is 76.2 cm³/mol. The molecule has 1 aromatic rings. The molecule has 0 aromatic heterocycles. The molecule has 0 unspecified atom stereocenters. The third-order valence-corrected chi connectivity index (χ3v) is 4.52. The van der Waals surface area contributed by atoms with Crippen LogP contribution in [0.3, 0.4) is 0 Å². The van der Waals surface area contributed by atoms with Gasteiger partial charge in [0.25, 0.3) is 0 Å². The average Bonchev–Trinajstić information content (AvgIpc) is 3.05. The van der Waals surface area contributed by atoms with E-state index in [9.17, 15) is 4.79 Å². The third kappa shape index (κ3) is 2.79. The molecule has 1 aliphatic carbocycles. The summed E-state index contributed by atoms with van der Waals surface area (Å²) in [5, 5.41) is 0.647. The second-order valence-corrected chi connectivity index (χ2v) is 6.09. The fraction of sp³-hybridized carbons (Fsp3) is 0.562. The molecular weight excluding hydrogens is 260 g/mol. The molecule has 3 heteroatoms. The SMILES string of the molecule is O=C(CCC1CCCC1)c1cc(Cl)cc2c1OCC2. The minimum Gasteiger partial charge on any atom is -0.492 e. The first-order valence-electron chi connectivity index (χ1n) is 7.22. The van der Waals surface area contributed by atoms with Crippen molar-refractivity contribution < 1.29 is 9.53 Å². The van der Waals surface area contributed by atoms with E-state index >= 15 is 0 Å². The minimum absolute atomic E-state index is 0.188. The van der Waals surface area contributed by atoms with E-state index in [2.05, 4.69) is 0 Å². The highest BCUT2D eigenvalue weighted by molar-refractivity contribution is 6.31. The molecule has 2 nitrogen and oxygen atoms in total. The number of benzene rings is 1.